The van der Waals surface area contributed by atoms with Gasteiger partial charge in [-0.1, -0.05) is 13.8 Å². The van der Waals surface area contributed by atoms with Crippen molar-refractivity contribution in [3.05, 3.63) is 0 Å². The minimum Gasteiger partial charge on any atom is -0.459 e. The van der Waals surface area contributed by atoms with Crippen LogP contribution in [0.25, 0.3) is 0 Å². The Bertz CT molecular complexity index is 364. The first-order valence-corrected chi connectivity index (χ1v) is 6.50. The van der Waals surface area contributed by atoms with Crippen LogP contribution < -0.4 is 0 Å². The molecule has 2 saturated heterocycles. The van der Waals surface area contributed by atoms with E-state index in [2.05, 4.69) is 0 Å². The summed E-state index contributed by atoms with van der Waals surface area (Å²) in [7, 11) is 0. The van der Waals surface area contributed by atoms with Gasteiger partial charge in [0, 0.05) is 18.3 Å². The van der Waals surface area contributed by atoms with Gasteiger partial charge in [-0.2, -0.15) is 0 Å². The smallest absolute Gasteiger partial charge is 0.309 e. The maximum Gasteiger partial charge on any atom is 0.309 e. The molecule has 1 saturated carbocycles. The number of hydrogen-bond donors (Lipinski definition) is 0. The van der Waals surface area contributed by atoms with Gasteiger partial charge in [-0.05, 0) is 12.8 Å². The number of ketones is 1. The number of ether oxygens (including phenoxy) is 2. The van der Waals surface area contributed by atoms with Crippen LogP contribution in [0.15, 0.2) is 0 Å². The number of carbonyl (C=O) groups excluding carboxylic acids is 2. The summed E-state index contributed by atoms with van der Waals surface area (Å²) in [4.78, 5) is 23.5. The summed E-state index contributed by atoms with van der Waals surface area (Å²) in [6, 6.07) is 0. The number of Topliss-reactive ketones (excluding diaryl/α,β-unsaturated/α-hetero) is 1. The second kappa shape index (κ2) is 3.80. The van der Waals surface area contributed by atoms with E-state index in [9.17, 15) is 9.59 Å². The third kappa shape index (κ3) is 1.53. The van der Waals surface area contributed by atoms with Crippen molar-refractivity contribution in [2.75, 3.05) is 0 Å². The van der Waals surface area contributed by atoms with Crippen LogP contribution in [0.5, 0.6) is 0 Å². The zero-order valence-corrected chi connectivity index (χ0v) is 10.2. The van der Waals surface area contributed by atoms with Gasteiger partial charge in [-0.15, -0.1) is 0 Å². The highest BCUT2D eigenvalue weighted by Gasteiger charge is 2.62. The molecule has 3 rings (SSSR count). The van der Waals surface area contributed by atoms with Gasteiger partial charge >= 0.3 is 5.97 Å². The lowest BCUT2D eigenvalue weighted by atomic mass is 9.86. The van der Waals surface area contributed by atoms with Crippen LogP contribution in [0, 0.1) is 17.8 Å². The largest absolute Gasteiger partial charge is 0.459 e. The lowest BCUT2D eigenvalue weighted by Crippen LogP contribution is -2.36. The maximum absolute atomic E-state index is 11.8. The molecule has 0 aromatic carbocycles. The maximum atomic E-state index is 11.8. The Labute approximate surface area is 101 Å². The standard InChI is InChI=1S/C13H18O4/c1-3-6(2)13(15)17-12-8-4-9(14)7-5-10(12)16-11(7)8/h6-8,10-12H,3-5H2,1-2H3. The Hall–Kier alpha value is -0.900. The fourth-order valence-corrected chi connectivity index (χ4v) is 3.32. The molecule has 0 aromatic heterocycles. The van der Waals surface area contributed by atoms with Gasteiger partial charge in [0.05, 0.1) is 18.1 Å². The van der Waals surface area contributed by atoms with Crippen LogP contribution in [0.1, 0.15) is 33.1 Å². The molecular formula is C13H18O4. The monoisotopic (exact) mass is 238 g/mol. The van der Waals surface area contributed by atoms with E-state index >= 15 is 0 Å². The van der Waals surface area contributed by atoms with Gasteiger partial charge < -0.3 is 9.47 Å². The van der Waals surface area contributed by atoms with E-state index in [0.717, 1.165) is 12.8 Å². The van der Waals surface area contributed by atoms with Gasteiger partial charge in [0.1, 0.15) is 11.9 Å². The Morgan fingerprint density at radius 1 is 1.59 bits per heavy atom. The van der Waals surface area contributed by atoms with Crippen molar-refractivity contribution in [2.45, 2.75) is 51.4 Å². The molecule has 0 aromatic rings. The molecule has 6 atom stereocenters. The van der Waals surface area contributed by atoms with E-state index in [-0.39, 0.29) is 42.0 Å². The summed E-state index contributed by atoms with van der Waals surface area (Å²) in [5, 5.41) is 0. The van der Waals surface area contributed by atoms with Crippen LogP contribution in [-0.2, 0) is 19.1 Å². The van der Waals surface area contributed by atoms with Crippen molar-refractivity contribution in [1.29, 1.82) is 0 Å². The average Bonchev–Trinajstić information content (AvgIpc) is 2.92. The molecule has 2 heterocycles. The lowest BCUT2D eigenvalue weighted by Gasteiger charge is -2.25. The first kappa shape index (κ1) is 11.2. The molecule has 0 radical (unpaired) electrons. The van der Waals surface area contributed by atoms with Crippen LogP contribution >= 0.6 is 0 Å². The third-order valence-electron chi connectivity index (χ3n) is 4.54. The highest BCUT2D eigenvalue weighted by Crippen LogP contribution is 2.51. The quantitative estimate of drug-likeness (QED) is 0.696. The number of hydrogen-bond acceptors (Lipinski definition) is 4. The molecule has 3 aliphatic rings. The second-order valence-electron chi connectivity index (χ2n) is 5.53. The van der Waals surface area contributed by atoms with Crippen molar-refractivity contribution in [1.82, 2.24) is 0 Å². The van der Waals surface area contributed by atoms with E-state index in [1.54, 1.807) is 0 Å². The van der Waals surface area contributed by atoms with E-state index in [0.29, 0.717) is 12.2 Å². The van der Waals surface area contributed by atoms with E-state index in [1.807, 2.05) is 13.8 Å². The first-order chi connectivity index (χ1) is 8.11. The molecular weight excluding hydrogens is 220 g/mol. The van der Waals surface area contributed by atoms with Gasteiger partial charge in [0.25, 0.3) is 0 Å². The average molecular weight is 238 g/mol. The van der Waals surface area contributed by atoms with E-state index < -0.39 is 0 Å². The van der Waals surface area contributed by atoms with Crippen LogP contribution in [-0.4, -0.2) is 30.1 Å². The highest BCUT2D eigenvalue weighted by molar-refractivity contribution is 5.85. The number of carbonyl (C=O) groups is 2. The normalized spacial score (nSPS) is 44.1. The zero-order chi connectivity index (χ0) is 12.2. The number of esters is 1. The summed E-state index contributed by atoms with van der Waals surface area (Å²) in [6.07, 6.45) is 1.89. The zero-order valence-electron chi connectivity index (χ0n) is 10.2. The molecule has 3 fully saturated rings. The SMILES string of the molecule is CCC(C)C(=O)OC1C2CC3C(=O)CC1C3O2. The second-order valence-corrected chi connectivity index (χ2v) is 5.53. The van der Waals surface area contributed by atoms with Crippen molar-refractivity contribution < 1.29 is 19.1 Å². The fraction of sp³-hybridized carbons (Fsp3) is 0.846. The summed E-state index contributed by atoms with van der Waals surface area (Å²) in [6.45, 7) is 3.84. The summed E-state index contributed by atoms with van der Waals surface area (Å²) in [5.74, 6) is 0.291. The molecule has 4 heteroatoms. The number of rotatable bonds is 3. The highest BCUT2D eigenvalue weighted by atomic mass is 16.6. The van der Waals surface area contributed by atoms with Crippen LogP contribution in [0.2, 0.25) is 0 Å². The van der Waals surface area contributed by atoms with E-state index in [1.165, 1.54) is 0 Å². The molecule has 0 amide bonds. The summed E-state index contributed by atoms with van der Waals surface area (Å²) >= 11 is 0. The van der Waals surface area contributed by atoms with Crippen molar-refractivity contribution >= 4 is 11.8 Å². The first-order valence-electron chi connectivity index (χ1n) is 6.50. The lowest BCUT2D eigenvalue weighted by molar-refractivity contribution is -0.158. The van der Waals surface area contributed by atoms with Crippen LogP contribution in [0.3, 0.4) is 0 Å². The summed E-state index contributed by atoms with van der Waals surface area (Å²) < 4.78 is 11.3. The Morgan fingerprint density at radius 2 is 2.35 bits per heavy atom. The predicted octanol–water partition coefficient (Wildman–Crippen LogP) is 1.32. The molecule has 2 aliphatic heterocycles. The molecule has 94 valence electrons. The number of fused-ring (bicyclic) bond motifs is 1. The Balaban J connectivity index is 1.70. The van der Waals surface area contributed by atoms with Crippen molar-refractivity contribution in [3.63, 3.8) is 0 Å². The molecule has 6 unspecified atom stereocenters. The molecule has 2 bridgehead atoms. The third-order valence-corrected chi connectivity index (χ3v) is 4.54. The summed E-state index contributed by atoms with van der Waals surface area (Å²) in [5.41, 5.74) is 0. The minimum absolute atomic E-state index is 0.0298. The molecule has 17 heavy (non-hydrogen) atoms. The van der Waals surface area contributed by atoms with Gasteiger partial charge in [-0.25, -0.2) is 0 Å². The Morgan fingerprint density at radius 3 is 3.06 bits per heavy atom. The van der Waals surface area contributed by atoms with Crippen molar-refractivity contribution in [2.24, 2.45) is 17.8 Å². The predicted molar refractivity (Wildman–Crippen MR) is 59.2 cm³/mol. The van der Waals surface area contributed by atoms with Gasteiger partial charge in [0.15, 0.2) is 0 Å². The van der Waals surface area contributed by atoms with Gasteiger partial charge in [0.2, 0.25) is 0 Å². The van der Waals surface area contributed by atoms with Gasteiger partial charge in [-0.3, -0.25) is 9.59 Å². The molecule has 1 aliphatic carbocycles. The molecule has 0 spiro atoms. The fourth-order valence-electron chi connectivity index (χ4n) is 3.32. The van der Waals surface area contributed by atoms with Crippen LogP contribution in [0.4, 0.5) is 0 Å². The Kier molecular flexibility index (Phi) is 2.51. The molecule has 0 N–H and O–H groups in total. The van der Waals surface area contributed by atoms with E-state index in [4.69, 9.17) is 9.47 Å². The minimum atomic E-state index is -0.177. The van der Waals surface area contributed by atoms with Crippen molar-refractivity contribution in [3.8, 4) is 0 Å². The topological polar surface area (TPSA) is 52.6 Å². The molecule has 4 nitrogen and oxygen atoms in total.